The molecule has 2 heteroatoms. The Hall–Kier alpha value is -1.18. The molecule has 2 nitrogen and oxygen atoms in total. The summed E-state index contributed by atoms with van der Waals surface area (Å²) in [4.78, 5) is 0. The van der Waals surface area contributed by atoms with Crippen molar-refractivity contribution in [3.05, 3.63) is 23.3 Å². The minimum Gasteiger partial charge on any atom is -0.507 e. The lowest BCUT2D eigenvalue weighted by Crippen LogP contribution is -2.31. The first kappa shape index (κ1) is 13.3. The van der Waals surface area contributed by atoms with Crippen molar-refractivity contribution >= 4 is 5.69 Å². The summed E-state index contributed by atoms with van der Waals surface area (Å²) in [5, 5.41) is 13.6. The second-order valence-corrected chi connectivity index (χ2v) is 6.51. The molecule has 1 fully saturated rings. The molecular weight excluding hydrogens is 222 g/mol. The third-order valence-corrected chi connectivity index (χ3v) is 4.20. The molecule has 0 bridgehead atoms. The standard InChI is InChI=1S/C16H25NO/c1-11-7-8-14(12(2)15(11)18)17-13-6-5-9-16(3,4)10-13/h7-8,13,17-18H,5-6,9-10H2,1-4H3. The van der Waals surface area contributed by atoms with Crippen molar-refractivity contribution in [2.24, 2.45) is 5.41 Å². The summed E-state index contributed by atoms with van der Waals surface area (Å²) in [7, 11) is 0. The SMILES string of the molecule is Cc1ccc(NC2CCCC(C)(C)C2)c(C)c1O. The Bertz CT molecular complexity index is 437. The van der Waals surface area contributed by atoms with Crippen LogP contribution in [-0.2, 0) is 0 Å². The average Bonchev–Trinajstić information content (AvgIpc) is 2.29. The van der Waals surface area contributed by atoms with E-state index in [1.54, 1.807) is 0 Å². The van der Waals surface area contributed by atoms with E-state index in [2.05, 4.69) is 25.2 Å². The Morgan fingerprint density at radius 2 is 2.00 bits per heavy atom. The van der Waals surface area contributed by atoms with Crippen molar-refractivity contribution < 1.29 is 5.11 Å². The van der Waals surface area contributed by atoms with Gasteiger partial charge in [-0.15, -0.1) is 0 Å². The number of rotatable bonds is 2. The highest BCUT2D eigenvalue weighted by atomic mass is 16.3. The summed E-state index contributed by atoms with van der Waals surface area (Å²) in [5.74, 6) is 0.426. The summed E-state index contributed by atoms with van der Waals surface area (Å²) < 4.78 is 0. The van der Waals surface area contributed by atoms with E-state index >= 15 is 0 Å². The number of hydrogen-bond acceptors (Lipinski definition) is 2. The molecule has 1 aromatic rings. The van der Waals surface area contributed by atoms with E-state index in [1.165, 1.54) is 25.7 Å². The van der Waals surface area contributed by atoms with Gasteiger partial charge in [-0.25, -0.2) is 0 Å². The molecule has 0 spiro atoms. The van der Waals surface area contributed by atoms with Crippen LogP contribution in [0.1, 0.15) is 50.7 Å². The zero-order chi connectivity index (χ0) is 13.3. The first-order valence-corrected chi connectivity index (χ1v) is 6.95. The van der Waals surface area contributed by atoms with Crippen LogP contribution < -0.4 is 5.32 Å². The van der Waals surface area contributed by atoms with E-state index in [1.807, 2.05) is 19.9 Å². The lowest BCUT2D eigenvalue weighted by atomic mass is 9.75. The van der Waals surface area contributed by atoms with Gasteiger partial charge in [-0.05, 0) is 50.2 Å². The summed E-state index contributed by atoms with van der Waals surface area (Å²) in [6.45, 7) is 8.62. The normalized spacial score (nSPS) is 22.8. The number of phenols is 1. The predicted octanol–water partition coefficient (Wildman–Crippen LogP) is 4.39. The van der Waals surface area contributed by atoms with E-state index in [-0.39, 0.29) is 0 Å². The highest BCUT2D eigenvalue weighted by Gasteiger charge is 2.28. The van der Waals surface area contributed by atoms with Gasteiger partial charge >= 0.3 is 0 Å². The van der Waals surface area contributed by atoms with Gasteiger partial charge in [0.2, 0.25) is 0 Å². The van der Waals surface area contributed by atoms with Crippen molar-refractivity contribution in [1.82, 2.24) is 0 Å². The van der Waals surface area contributed by atoms with Crippen LogP contribution in [0.15, 0.2) is 12.1 Å². The third-order valence-electron chi connectivity index (χ3n) is 4.20. The lowest BCUT2D eigenvalue weighted by molar-refractivity contribution is 0.229. The van der Waals surface area contributed by atoms with Gasteiger partial charge in [0.15, 0.2) is 0 Å². The minimum atomic E-state index is 0.426. The van der Waals surface area contributed by atoms with Gasteiger partial charge in [-0.2, -0.15) is 0 Å². The van der Waals surface area contributed by atoms with Gasteiger partial charge in [-0.1, -0.05) is 26.3 Å². The van der Waals surface area contributed by atoms with Crippen LogP contribution in [0.5, 0.6) is 5.75 Å². The molecule has 0 heterocycles. The van der Waals surface area contributed by atoms with E-state index < -0.39 is 0 Å². The zero-order valence-corrected chi connectivity index (χ0v) is 12.0. The van der Waals surface area contributed by atoms with Crippen LogP contribution in [0.4, 0.5) is 5.69 Å². The molecule has 18 heavy (non-hydrogen) atoms. The summed E-state index contributed by atoms with van der Waals surface area (Å²) >= 11 is 0. The first-order valence-electron chi connectivity index (χ1n) is 6.95. The van der Waals surface area contributed by atoms with Crippen LogP contribution in [0, 0.1) is 19.3 Å². The fourth-order valence-electron chi connectivity index (χ4n) is 3.03. The van der Waals surface area contributed by atoms with Crippen LogP contribution in [0.3, 0.4) is 0 Å². The molecule has 1 aliphatic rings. The fourth-order valence-corrected chi connectivity index (χ4v) is 3.03. The Balaban J connectivity index is 2.12. The molecule has 0 aliphatic heterocycles. The van der Waals surface area contributed by atoms with E-state index in [4.69, 9.17) is 0 Å². The zero-order valence-electron chi connectivity index (χ0n) is 12.0. The Kier molecular flexibility index (Phi) is 3.56. The molecule has 1 atom stereocenters. The lowest BCUT2D eigenvalue weighted by Gasteiger charge is -2.36. The van der Waals surface area contributed by atoms with Gasteiger partial charge < -0.3 is 10.4 Å². The Morgan fingerprint density at radius 3 is 2.67 bits per heavy atom. The number of aromatic hydroxyl groups is 1. The monoisotopic (exact) mass is 247 g/mol. The topological polar surface area (TPSA) is 32.3 Å². The maximum atomic E-state index is 9.98. The Morgan fingerprint density at radius 1 is 1.28 bits per heavy atom. The summed E-state index contributed by atoms with van der Waals surface area (Å²) in [5.41, 5.74) is 3.44. The molecule has 0 aromatic heterocycles. The highest BCUT2D eigenvalue weighted by Crippen LogP contribution is 2.37. The second-order valence-electron chi connectivity index (χ2n) is 6.51. The van der Waals surface area contributed by atoms with Gasteiger partial charge in [0.1, 0.15) is 5.75 Å². The highest BCUT2D eigenvalue weighted by molar-refractivity contribution is 5.59. The van der Waals surface area contributed by atoms with Crippen LogP contribution in [0.25, 0.3) is 0 Å². The average molecular weight is 247 g/mol. The van der Waals surface area contributed by atoms with E-state index in [0.29, 0.717) is 17.2 Å². The molecule has 100 valence electrons. The molecular formula is C16H25NO. The first-order chi connectivity index (χ1) is 8.39. The number of nitrogens with one attached hydrogen (secondary N) is 1. The number of anilines is 1. The predicted molar refractivity (Wildman–Crippen MR) is 77.2 cm³/mol. The van der Waals surface area contributed by atoms with Crippen molar-refractivity contribution in [2.45, 2.75) is 59.4 Å². The quantitative estimate of drug-likeness (QED) is 0.812. The van der Waals surface area contributed by atoms with Crippen molar-refractivity contribution in [3.63, 3.8) is 0 Å². The van der Waals surface area contributed by atoms with Gasteiger partial charge in [0.25, 0.3) is 0 Å². The fraction of sp³-hybridized carbons (Fsp3) is 0.625. The summed E-state index contributed by atoms with van der Waals surface area (Å²) in [6, 6.07) is 4.61. The van der Waals surface area contributed by atoms with Crippen LogP contribution in [-0.4, -0.2) is 11.1 Å². The van der Waals surface area contributed by atoms with Gasteiger partial charge in [-0.3, -0.25) is 0 Å². The van der Waals surface area contributed by atoms with Crippen molar-refractivity contribution in [2.75, 3.05) is 5.32 Å². The molecule has 1 aromatic carbocycles. The van der Waals surface area contributed by atoms with Crippen LogP contribution in [0.2, 0.25) is 0 Å². The minimum absolute atomic E-state index is 0.426. The van der Waals surface area contributed by atoms with E-state index in [9.17, 15) is 5.11 Å². The van der Waals surface area contributed by atoms with Crippen molar-refractivity contribution in [3.8, 4) is 5.75 Å². The molecule has 0 amide bonds. The Labute approximate surface area is 110 Å². The van der Waals surface area contributed by atoms with Crippen molar-refractivity contribution in [1.29, 1.82) is 0 Å². The van der Waals surface area contributed by atoms with Crippen LogP contribution >= 0.6 is 0 Å². The van der Waals surface area contributed by atoms with E-state index in [0.717, 1.165) is 16.8 Å². The third kappa shape index (κ3) is 2.80. The van der Waals surface area contributed by atoms with Gasteiger partial charge in [0.05, 0.1) is 0 Å². The number of aryl methyl sites for hydroxylation is 1. The number of phenolic OH excluding ortho intramolecular Hbond substituents is 1. The summed E-state index contributed by atoms with van der Waals surface area (Å²) in [6.07, 6.45) is 5.06. The number of hydrogen-bond donors (Lipinski definition) is 2. The maximum absolute atomic E-state index is 9.98. The molecule has 0 radical (unpaired) electrons. The molecule has 0 saturated heterocycles. The molecule has 1 unspecified atom stereocenters. The van der Waals surface area contributed by atoms with Gasteiger partial charge in [0, 0.05) is 17.3 Å². The molecule has 1 aliphatic carbocycles. The number of benzene rings is 1. The smallest absolute Gasteiger partial charge is 0.123 e. The molecule has 2 N–H and O–H groups in total. The molecule has 1 saturated carbocycles. The largest absolute Gasteiger partial charge is 0.507 e. The second kappa shape index (κ2) is 4.83. The maximum Gasteiger partial charge on any atom is 0.123 e. The molecule has 2 rings (SSSR count).